The van der Waals surface area contributed by atoms with Crippen LogP contribution in [0, 0.1) is 10.8 Å². The Balaban J connectivity index is 2.00. The Bertz CT molecular complexity index is 855. The molecular weight excluding hydrogens is 298 g/mol. The van der Waals surface area contributed by atoms with Crippen molar-refractivity contribution >= 4 is 24.0 Å². The smallest absolute Gasteiger partial charge is 0.167 e. The highest BCUT2D eigenvalue weighted by atomic mass is 35.5. The minimum atomic E-state index is 0.522. The summed E-state index contributed by atoms with van der Waals surface area (Å²) in [6.07, 6.45) is 2.53. The highest BCUT2D eigenvalue weighted by Gasteiger charge is 2.12. The van der Waals surface area contributed by atoms with Gasteiger partial charge in [-0.2, -0.15) is 0 Å². The molecule has 108 valence electrons. The van der Waals surface area contributed by atoms with Crippen LogP contribution in [0.4, 0.5) is 0 Å². The Kier molecular flexibility index (Phi) is 3.85. The summed E-state index contributed by atoms with van der Waals surface area (Å²) in [6, 6.07) is 14.6. The molecule has 0 bridgehead atoms. The van der Waals surface area contributed by atoms with E-state index >= 15 is 0 Å². The summed E-state index contributed by atoms with van der Waals surface area (Å²) in [4.78, 5) is 0. The third-order valence-electron chi connectivity index (χ3n) is 3.28. The van der Waals surface area contributed by atoms with Crippen molar-refractivity contribution in [2.75, 3.05) is 0 Å². The van der Waals surface area contributed by atoms with Gasteiger partial charge < -0.3 is 15.3 Å². The van der Waals surface area contributed by atoms with Gasteiger partial charge >= 0.3 is 0 Å². The number of hydrogen-bond acceptors (Lipinski definition) is 4. The van der Waals surface area contributed by atoms with Crippen molar-refractivity contribution in [2.24, 2.45) is 0 Å². The molecule has 4 nitrogen and oxygen atoms in total. The summed E-state index contributed by atoms with van der Waals surface area (Å²) in [6.45, 7) is 0. The van der Waals surface area contributed by atoms with Crippen LogP contribution in [0.1, 0.15) is 11.1 Å². The maximum atomic E-state index is 7.30. The molecule has 5 heteroatoms. The third kappa shape index (κ3) is 2.69. The second-order valence-electron chi connectivity index (χ2n) is 4.73. The first-order chi connectivity index (χ1) is 10.7. The zero-order chi connectivity index (χ0) is 15.5. The van der Waals surface area contributed by atoms with Gasteiger partial charge in [-0.25, -0.2) is 0 Å². The number of nitrogens with one attached hydrogen (secondary N) is 2. The summed E-state index contributed by atoms with van der Waals surface area (Å²) in [5.41, 5.74) is 3.77. The molecule has 1 aromatic heterocycles. The molecule has 22 heavy (non-hydrogen) atoms. The molecule has 0 aliphatic rings. The van der Waals surface area contributed by atoms with E-state index in [0.29, 0.717) is 16.5 Å². The Labute approximate surface area is 132 Å². The van der Waals surface area contributed by atoms with Crippen LogP contribution in [0.3, 0.4) is 0 Å². The lowest BCUT2D eigenvalue weighted by atomic mass is 10.1. The van der Waals surface area contributed by atoms with E-state index in [0.717, 1.165) is 22.3 Å². The van der Waals surface area contributed by atoms with E-state index in [1.54, 1.807) is 12.1 Å². The summed E-state index contributed by atoms with van der Waals surface area (Å²) in [5, 5.41) is 19.1. The molecule has 0 fully saturated rings. The standard InChI is InChI=1S/C17H12ClN3O/c18-15-7-12(10-20)4-5-14(15)16-8-17(22-21-16)13-3-1-2-11(6-13)9-19/h1-10,19-20H. The highest BCUT2D eigenvalue weighted by molar-refractivity contribution is 6.33. The van der Waals surface area contributed by atoms with Gasteiger partial charge in [-0.3, -0.25) is 0 Å². The monoisotopic (exact) mass is 309 g/mol. The minimum absolute atomic E-state index is 0.522. The van der Waals surface area contributed by atoms with Gasteiger partial charge in [0.2, 0.25) is 0 Å². The average Bonchev–Trinajstić information content (AvgIpc) is 3.04. The lowest BCUT2D eigenvalue weighted by Gasteiger charge is -2.00. The number of rotatable bonds is 4. The molecule has 0 amide bonds. The van der Waals surface area contributed by atoms with E-state index in [1.807, 2.05) is 36.4 Å². The Morgan fingerprint density at radius 3 is 2.45 bits per heavy atom. The Hall–Kier alpha value is -2.72. The quantitative estimate of drug-likeness (QED) is 0.688. The van der Waals surface area contributed by atoms with E-state index in [9.17, 15) is 0 Å². The first kappa shape index (κ1) is 14.2. The topological polar surface area (TPSA) is 73.7 Å². The van der Waals surface area contributed by atoms with Gasteiger partial charge in [-0.15, -0.1) is 0 Å². The van der Waals surface area contributed by atoms with E-state index in [-0.39, 0.29) is 0 Å². The molecule has 3 rings (SSSR count). The SMILES string of the molecule is N=Cc1cccc(-c2cc(-c3ccc(C=N)cc3Cl)no2)c1. The van der Waals surface area contributed by atoms with Crippen molar-refractivity contribution in [2.45, 2.75) is 0 Å². The van der Waals surface area contributed by atoms with E-state index in [4.69, 9.17) is 26.9 Å². The maximum Gasteiger partial charge on any atom is 0.167 e. The van der Waals surface area contributed by atoms with Crippen molar-refractivity contribution in [3.05, 3.63) is 64.7 Å². The molecule has 0 aliphatic heterocycles. The van der Waals surface area contributed by atoms with Crippen molar-refractivity contribution in [1.29, 1.82) is 10.8 Å². The van der Waals surface area contributed by atoms with Crippen LogP contribution in [0.2, 0.25) is 5.02 Å². The highest BCUT2D eigenvalue weighted by Crippen LogP contribution is 2.31. The summed E-state index contributed by atoms with van der Waals surface area (Å²) >= 11 is 6.23. The van der Waals surface area contributed by atoms with Crippen molar-refractivity contribution in [3.8, 4) is 22.6 Å². The first-order valence-corrected chi connectivity index (χ1v) is 6.97. The van der Waals surface area contributed by atoms with Gasteiger partial charge in [0.25, 0.3) is 0 Å². The zero-order valence-corrected chi connectivity index (χ0v) is 12.3. The molecule has 0 spiro atoms. The Morgan fingerprint density at radius 1 is 0.955 bits per heavy atom. The largest absolute Gasteiger partial charge is 0.356 e. The molecule has 3 aromatic rings. The van der Waals surface area contributed by atoms with Crippen molar-refractivity contribution in [3.63, 3.8) is 0 Å². The van der Waals surface area contributed by atoms with E-state index < -0.39 is 0 Å². The molecule has 0 unspecified atom stereocenters. The molecule has 2 N–H and O–H groups in total. The average molecular weight is 310 g/mol. The number of benzene rings is 2. The van der Waals surface area contributed by atoms with Crippen LogP contribution >= 0.6 is 11.6 Å². The molecule has 0 radical (unpaired) electrons. The van der Waals surface area contributed by atoms with Crippen molar-refractivity contribution < 1.29 is 4.52 Å². The molecule has 0 saturated heterocycles. The summed E-state index contributed by atoms with van der Waals surface area (Å²) < 4.78 is 5.39. The fraction of sp³-hybridized carbons (Fsp3) is 0. The lowest BCUT2D eigenvalue weighted by molar-refractivity contribution is 0.435. The van der Waals surface area contributed by atoms with Crippen LogP contribution in [0.15, 0.2) is 53.1 Å². The molecule has 0 aliphatic carbocycles. The predicted molar refractivity (Wildman–Crippen MR) is 88.2 cm³/mol. The zero-order valence-electron chi connectivity index (χ0n) is 11.5. The Morgan fingerprint density at radius 2 is 1.73 bits per heavy atom. The number of aromatic nitrogens is 1. The van der Waals surface area contributed by atoms with Crippen LogP contribution in [-0.2, 0) is 0 Å². The molecule has 2 aromatic carbocycles. The normalized spacial score (nSPS) is 10.4. The van der Waals surface area contributed by atoms with Gasteiger partial charge in [-0.1, -0.05) is 47.1 Å². The van der Waals surface area contributed by atoms with Crippen LogP contribution in [0.25, 0.3) is 22.6 Å². The number of halogens is 1. The number of nitrogens with zero attached hydrogens (tertiary/aromatic N) is 1. The van der Waals surface area contributed by atoms with E-state index in [2.05, 4.69) is 5.16 Å². The summed E-state index contributed by atoms with van der Waals surface area (Å²) in [5.74, 6) is 0.617. The van der Waals surface area contributed by atoms with Crippen LogP contribution < -0.4 is 0 Å². The number of hydrogen-bond donors (Lipinski definition) is 2. The molecule has 0 saturated carbocycles. The van der Waals surface area contributed by atoms with Gasteiger partial charge in [-0.05, 0) is 23.3 Å². The predicted octanol–water partition coefficient (Wildman–Crippen LogP) is 4.66. The van der Waals surface area contributed by atoms with Crippen LogP contribution in [-0.4, -0.2) is 17.6 Å². The molecule has 1 heterocycles. The lowest BCUT2D eigenvalue weighted by Crippen LogP contribution is -1.83. The van der Waals surface area contributed by atoms with E-state index in [1.165, 1.54) is 12.4 Å². The third-order valence-corrected chi connectivity index (χ3v) is 3.60. The second-order valence-corrected chi connectivity index (χ2v) is 5.14. The second kappa shape index (κ2) is 5.95. The van der Waals surface area contributed by atoms with Gasteiger partial charge in [0.05, 0.1) is 5.02 Å². The van der Waals surface area contributed by atoms with Crippen molar-refractivity contribution in [1.82, 2.24) is 5.16 Å². The van der Waals surface area contributed by atoms with Gasteiger partial charge in [0.15, 0.2) is 5.76 Å². The first-order valence-electron chi connectivity index (χ1n) is 6.59. The molecular formula is C17H12ClN3O. The maximum absolute atomic E-state index is 7.30. The fourth-order valence-electron chi connectivity index (χ4n) is 2.15. The van der Waals surface area contributed by atoms with Gasteiger partial charge in [0.1, 0.15) is 5.69 Å². The van der Waals surface area contributed by atoms with Gasteiger partial charge in [0, 0.05) is 29.6 Å². The van der Waals surface area contributed by atoms with Crippen LogP contribution in [0.5, 0.6) is 0 Å². The molecule has 0 atom stereocenters. The summed E-state index contributed by atoms with van der Waals surface area (Å²) in [7, 11) is 0. The minimum Gasteiger partial charge on any atom is -0.356 e. The fourth-order valence-corrected chi connectivity index (χ4v) is 2.43.